The van der Waals surface area contributed by atoms with E-state index < -0.39 is 5.97 Å². The fourth-order valence-electron chi connectivity index (χ4n) is 4.52. The van der Waals surface area contributed by atoms with E-state index in [0.29, 0.717) is 12.6 Å². The van der Waals surface area contributed by atoms with Gasteiger partial charge in [-0.25, -0.2) is 4.98 Å². The monoisotopic (exact) mass is 476 g/mol. The number of benzene rings is 3. The molecule has 0 saturated heterocycles. The largest absolute Gasteiger partial charge is 1.00 e. The Hall–Kier alpha value is -2.44. The van der Waals surface area contributed by atoms with Gasteiger partial charge in [0.05, 0.1) is 16.5 Å². The smallest absolute Gasteiger partial charge is 0.545 e. The van der Waals surface area contributed by atoms with Crippen molar-refractivity contribution in [3.8, 4) is 21.7 Å². The summed E-state index contributed by atoms with van der Waals surface area (Å²) >= 11 is 1.74. The molecule has 0 aliphatic heterocycles. The molecule has 0 spiro atoms. The number of anilines is 1. The van der Waals surface area contributed by atoms with Gasteiger partial charge < -0.3 is 14.8 Å². The molecule has 0 atom stereocenters. The third kappa shape index (κ3) is 5.44. The fraction of sp³-hybridized carbons (Fsp3) is 0.214. The maximum Gasteiger partial charge on any atom is 1.00 e. The molecule has 1 aliphatic carbocycles. The van der Waals surface area contributed by atoms with E-state index in [1.54, 1.807) is 23.5 Å². The first kappa shape index (κ1) is 24.7. The second kappa shape index (κ2) is 11.3. The molecule has 0 unspecified atom stereocenters. The minimum Gasteiger partial charge on any atom is -0.545 e. The summed E-state index contributed by atoms with van der Waals surface area (Å²) < 4.78 is 0. The van der Waals surface area contributed by atoms with Gasteiger partial charge in [0, 0.05) is 18.2 Å². The molecule has 6 heteroatoms. The number of hydrogen-bond donors (Lipinski definition) is 0. The molecule has 5 rings (SSSR count). The summed E-state index contributed by atoms with van der Waals surface area (Å²) in [6.45, 7) is 0.702. The third-order valence-corrected chi connectivity index (χ3v) is 7.39. The van der Waals surface area contributed by atoms with Crippen molar-refractivity contribution in [2.75, 3.05) is 4.90 Å². The van der Waals surface area contributed by atoms with Crippen molar-refractivity contribution in [1.29, 1.82) is 0 Å². The Balaban J connectivity index is 0.00000274. The standard InChI is InChI=1S/C28H26N2O2S.Na/c31-27(32)23-17-15-20(16-18-23)19-30(24-13-7-8-14-24)28-29-25(21-9-3-1-4-10-21)26(33-28)22-11-5-2-6-12-22;/h1-6,9-12,15-18,24H,7-8,13-14,19H2,(H,31,32);/q;+1/p-1. The van der Waals surface area contributed by atoms with Crippen LogP contribution in [-0.4, -0.2) is 17.0 Å². The fourth-order valence-corrected chi connectivity index (χ4v) is 5.68. The second-order valence-corrected chi connectivity index (χ2v) is 9.43. The van der Waals surface area contributed by atoms with E-state index in [1.165, 1.54) is 23.3 Å². The maximum atomic E-state index is 11.1. The van der Waals surface area contributed by atoms with Gasteiger partial charge in [-0.1, -0.05) is 109 Å². The first-order valence-corrected chi connectivity index (χ1v) is 12.2. The predicted molar refractivity (Wildman–Crippen MR) is 132 cm³/mol. The number of nitrogens with zero attached hydrogens (tertiary/aromatic N) is 2. The van der Waals surface area contributed by atoms with E-state index in [-0.39, 0.29) is 35.1 Å². The van der Waals surface area contributed by atoms with Gasteiger partial charge in [-0.2, -0.15) is 0 Å². The zero-order valence-corrected chi connectivity index (χ0v) is 22.1. The Labute approximate surface area is 226 Å². The van der Waals surface area contributed by atoms with Crippen LogP contribution >= 0.6 is 11.3 Å². The van der Waals surface area contributed by atoms with Crippen LogP contribution in [0.15, 0.2) is 84.9 Å². The van der Waals surface area contributed by atoms with E-state index in [0.717, 1.165) is 34.8 Å². The number of thiazole rings is 1. The van der Waals surface area contributed by atoms with Crippen molar-refractivity contribution in [3.63, 3.8) is 0 Å². The van der Waals surface area contributed by atoms with Crippen LogP contribution in [0.2, 0.25) is 0 Å². The first-order chi connectivity index (χ1) is 16.2. The van der Waals surface area contributed by atoms with Crippen LogP contribution < -0.4 is 39.6 Å². The van der Waals surface area contributed by atoms with Gasteiger partial charge in [0.25, 0.3) is 0 Å². The van der Waals surface area contributed by atoms with Crippen molar-refractivity contribution in [2.24, 2.45) is 0 Å². The predicted octanol–water partition coefficient (Wildman–Crippen LogP) is 2.79. The molecule has 0 N–H and O–H groups in total. The van der Waals surface area contributed by atoms with Crippen LogP contribution in [0.4, 0.5) is 5.13 Å². The molecule has 0 radical (unpaired) electrons. The van der Waals surface area contributed by atoms with Crippen molar-refractivity contribution < 1.29 is 39.5 Å². The minimum atomic E-state index is -1.14. The van der Waals surface area contributed by atoms with E-state index in [2.05, 4.69) is 53.4 Å². The molecule has 3 aromatic carbocycles. The van der Waals surface area contributed by atoms with Gasteiger partial charge >= 0.3 is 29.6 Å². The van der Waals surface area contributed by atoms with E-state index in [9.17, 15) is 9.90 Å². The molecule has 4 aromatic rings. The third-order valence-electron chi connectivity index (χ3n) is 6.25. The molecule has 4 nitrogen and oxygen atoms in total. The van der Waals surface area contributed by atoms with Gasteiger partial charge in [0.15, 0.2) is 5.13 Å². The SMILES string of the molecule is O=C([O-])c1ccc(CN(c2nc(-c3ccccc3)c(-c3ccccc3)s2)C2CCCC2)cc1.[Na+]. The number of carboxylic acid groups (broad SMARTS) is 1. The normalized spacial score (nSPS) is 13.4. The van der Waals surface area contributed by atoms with Crippen LogP contribution in [-0.2, 0) is 6.54 Å². The van der Waals surface area contributed by atoms with Crippen LogP contribution in [0.5, 0.6) is 0 Å². The number of aromatic carboxylic acids is 1. The van der Waals surface area contributed by atoms with Crippen LogP contribution in [0.25, 0.3) is 21.7 Å². The number of aromatic nitrogens is 1. The first-order valence-electron chi connectivity index (χ1n) is 11.4. The Morgan fingerprint density at radius 3 is 2.06 bits per heavy atom. The van der Waals surface area contributed by atoms with Crippen LogP contribution in [0.1, 0.15) is 41.6 Å². The van der Waals surface area contributed by atoms with Gasteiger partial charge in [0.2, 0.25) is 0 Å². The molecule has 1 saturated carbocycles. The molecule has 0 amide bonds. The average Bonchev–Trinajstić information content (AvgIpc) is 3.55. The Morgan fingerprint density at radius 2 is 1.47 bits per heavy atom. The Kier molecular flexibility index (Phi) is 8.22. The van der Waals surface area contributed by atoms with Crippen molar-refractivity contribution in [2.45, 2.75) is 38.3 Å². The summed E-state index contributed by atoms with van der Waals surface area (Å²) in [4.78, 5) is 19.9. The summed E-state index contributed by atoms with van der Waals surface area (Å²) in [6.07, 6.45) is 4.76. The van der Waals surface area contributed by atoms with Crippen molar-refractivity contribution in [3.05, 3.63) is 96.1 Å². The molecule has 1 fully saturated rings. The summed E-state index contributed by atoms with van der Waals surface area (Å²) in [5, 5.41) is 12.2. The van der Waals surface area contributed by atoms with E-state index >= 15 is 0 Å². The average molecular weight is 477 g/mol. The Bertz CT molecular complexity index is 1160. The molecule has 1 aromatic heterocycles. The number of carboxylic acids is 1. The molecular formula is C28H25N2NaO2S. The molecule has 0 bridgehead atoms. The zero-order valence-electron chi connectivity index (χ0n) is 19.3. The van der Waals surface area contributed by atoms with Gasteiger partial charge in [-0.3, -0.25) is 0 Å². The number of hydrogen-bond acceptors (Lipinski definition) is 5. The molecular weight excluding hydrogens is 451 g/mol. The van der Waals surface area contributed by atoms with Crippen molar-refractivity contribution >= 4 is 22.4 Å². The van der Waals surface area contributed by atoms with E-state index in [4.69, 9.17) is 4.98 Å². The quantitative estimate of drug-likeness (QED) is 0.385. The number of carbonyl (C=O) groups is 1. The maximum absolute atomic E-state index is 11.1. The number of carbonyl (C=O) groups excluding carboxylic acids is 1. The number of rotatable bonds is 7. The van der Waals surface area contributed by atoms with Crippen LogP contribution in [0, 0.1) is 0 Å². The molecule has 1 heterocycles. The van der Waals surface area contributed by atoms with Crippen molar-refractivity contribution in [1.82, 2.24) is 4.98 Å². The van der Waals surface area contributed by atoms with Crippen LogP contribution in [0.3, 0.4) is 0 Å². The summed E-state index contributed by atoms with van der Waals surface area (Å²) in [6, 6.07) is 28.3. The Morgan fingerprint density at radius 1 is 0.882 bits per heavy atom. The van der Waals surface area contributed by atoms with Gasteiger partial charge in [0.1, 0.15) is 0 Å². The second-order valence-electron chi connectivity index (χ2n) is 8.46. The summed E-state index contributed by atoms with van der Waals surface area (Å²) in [7, 11) is 0. The minimum absolute atomic E-state index is 0. The zero-order chi connectivity index (χ0) is 22.6. The van der Waals surface area contributed by atoms with Gasteiger partial charge in [-0.05, 0) is 29.5 Å². The topological polar surface area (TPSA) is 56.3 Å². The summed E-state index contributed by atoms with van der Waals surface area (Å²) in [5.41, 5.74) is 4.58. The van der Waals surface area contributed by atoms with Gasteiger partial charge in [-0.15, -0.1) is 0 Å². The van der Waals surface area contributed by atoms with E-state index in [1.807, 2.05) is 24.3 Å². The molecule has 1 aliphatic rings. The molecule has 166 valence electrons. The molecule has 34 heavy (non-hydrogen) atoms. The summed E-state index contributed by atoms with van der Waals surface area (Å²) in [5.74, 6) is -1.14.